The molecule has 2 saturated carbocycles. The van der Waals surface area contributed by atoms with Crippen molar-refractivity contribution in [3.8, 4) is 17.2 Å². The molecule has 3 aromatic rings. The van der Waals surface area contributed by atoms with Gasteiger partial charge in [0, 0.05) is 50.1 Å². The van der Waals surface area contributed by atoms with Crippen molar-refractivity contribution >= 4 is 17.3 Å². The predicted octanol–water partition coefficient (Wildman–Crippen LogP) is 11.0. The Morgan fingerprint density at radius 2 is 1.72 bits per heavy atom. The molecular formula is C52H66FN3O9. The highest BCUT2D eigenvalue weighted by Gasteiger charge is 2.65. The van der Waals surface area contributed by atoms with Gasteiger partial charge in [-0.1, -0.05) is 74.0 Å². The number of halogens is 1. The number of oxime groups is 1. The number of ether oxygens (including phenoxy) is 3. The van der Waals surface area contributed by atoms with Gasteiger partial charge >= 0.3 is 0 Å². The van der Waals surface area contributed by atoms with Crippen LogP contribution in [-0.4, -0.2) is 68.9 Å². The van der Waals surface area contributed by atoms with Crippen molar-refractivity contribution in [3.05, 3.63) is 118 Å². The summed E-state index contributed by atoms with van der Waals surface area (Å²) in [7, 11) is 0. The summed E-state index contributed by atoms with van der Waals surface area (Å²) in [6.45, 7) is 10.3. The van der Waals surface area contributed by atoms with E-state index in [0.29, 0.717) is 48.1 Å². The lowest BCUT2D eigenvalue weighted by Crippen LogP contribution is -2.70. The molecule has 6 atom stereocenters. The van der Waals surface area contributed by atoms with E-state index >= 15 is 4.79 Å². The molecule has 12 nitrogen and oxygen atoms in total. The minimum atomic E-state index is -1.48. The molecule has 0 spiro atoms. The van der Waals surface area contributed by atoms with Gasteiger partial charge in [0.25, 0.3) is 5.69 Å². The molecule has 1 aliphatic heterocycles. The maximum atomic E-state index is 15.1. The topological polar surface area (TPSA) is 153 Å². The fourth-order valence-electron chi connectivity index (χ4n) is 10.6. The molecule has 65 heavy (non-hydrogen) atoms. The standard InChI is InChI=1S/C52H66FN3O9/c1-5-29-62-52-47(55(34-36-19-22-38(53)23-20-36)48(59)26-21-35-13-6-7-14-35)33-45(54-65-51(2,3)4)43-30-37(15-8-10-27-57)42(18-9-11-28-58)49(50(43)52)44-32-41(24-25-46(44)64-52)63-40-17-12-16-39(31-40)56(60)61/h5,12,16-17,19-20,22-25,30-32,35,37,42,47,49-50,57-58H,1,6-11,13-15,18,21,26-29,33-34H2,2-4H3/t37-,42+,47-,49+,50+,52+/m0/s1. The third-order valence-corrected chi connectivity index (χ3v) is 13.5. The molecule has 13 heteroatoms. The van der Waals surface area contributed by atoms with E-state index in [1.54, 1.807) is 36.4 Å². The smallest absolute Gasteiger partial charge is 0.273 e. The molecule has 4 aliphatic rings. The number of aliphatic hydroxyl groups excluding tert-OH is 2. The van der Waals surface area contributed by atoms with Crippen molar-refractivity contribution in [1.82, 2.24) is 4.90 Å². The minimum Gasteiger partial charge on any atom is -0.459 e. The number of non-ortho nitro benzene ring substituents is 1. The van der Waals surface area contributed by atoms with E-state index in [1.807, 2.05) is 37.8 Å². The first-order valence-electron chi connectivity index (χ1n) is 23.6. The monoisotopic (exact) mass is 895 g/mol. The molecule has 2 N–H and O–H groups in total. The summed E-state index contributed by atoms with van der Waals surface area (Å²) >= 11 is 0. The summed E-state index contributed by atoms with van der Waals surface area (Å²) in [5, 5.41) is 36.6. The number of benzene rings is 3. The van der Waals surface area contributed by atoms with Gasteiger partial charge in [-0.2, -0.15) is 0 Å². The normalized spacial score (nSPS) is 24.4. The van der Waals surface area contributed by atoms with Gasteiger partial charge in [0.1, 0.15) is 34.7 Å². The number of rotatable bonds is 21. The highest BCUT2D eigenvalue weighted by atomic mass is 19.1. The Morgan fingerprint density at radius 3 is 2.42 bits per heavy atom. The van der Waals surface area contributed by atoms with Crippen molar-refractivity contribution in [2.45, 2.75) is 134 Å². The lowest BCUT2D eigenvalue weighted by atomic mass is 9.55. The summed E-state index contributed by atoms with van der Waals surface area (Å²) in [4.78, 5) is 34.5. The van der Waals surface area contributed by atoms with Crippen molar-refractivity contribution in [3.63, 3.8) is 0 Å². The third-order valence-electron chi connectivity index (χ3n) is 13.5. The number of allylic oxidation sites excluding steroid dienone is 1. The number of carbonyl (C=O) groups is 1. The van der Waals surface area contributed by atoms with Crippen LogP contribution < -0.4 is 9.47 Å². The Labute approximate surface area is 382 Å². The van der Waals surface area contributed by atoms with Crippen LogP contribution in [0.1, 0.15) is 121 Å². The zero-order valence-corrected chi connectivity index (χ0v) is 38.2. The number of nitrogens with zero attached hydrogens (tertiary/aromatic N) is 3. The van der Waals surface area contributed by atoms with Crippen LogP contribution in [0, 0.1) is 39.6 Å². The van der Waals surface area contributed by atoms with Gasteiger partial charge < -0.3 is 34.2 Å². The van der Waals surface area contributed by atoms with Crippen molar-refractivity contribution in [1.29, 1.82) is 0 Å². The van der Waals surface area contributed by atoms with E-state index in [2.05, 4.69) is 12.7 Å². The summed E-state index contributed by atoms with van der Waals surface area (Å²) in [5.74, 6) is -0.964. The zero-order valence-electron chi connectivity index (χ0n) is 38.2. The van der Waals surface area contributed by atoms with Gasteiger partial charge in [0.05, 0.1) is 29.2 Å². The van der Waals surface area contributed by atoms with Gasteiger partial charge in [-0.05, 0) is 118 Å². The lowest BCUT2D eigenvalue weighted by Gasteiger charge is -2.60. The van der Waals surface area contributed by atoms with Crippen LogP contribution in [0.15, 0.2) is 96.2 Å². The van der Waals surface area contributed by atoms with E-state index in [1.165, 1.54) is 24.3 Å². The van der Waals surface area contributed by atoms with Crippen LogP contribution >= 0.6 is 0 Å². The van der Waals surface area contributed by atoms with E-state index in [4.69, 9.17) is 24.2 Å². The fourth-order valence-corrected chi connectivity index (χ4v) is 10.6. The summed E-state index contributed by atoms with van der Waals surface area (Å²) < 4.78 is 35.4. The molecule has 0 radical (unpaired) electrons. The fraction of sp³-hybridized carbons (Fsp3) is 0.538. The number of fused-ring (bicyclic) bond motifs is 2. The van der Waals surface area contributed by atoms with Crippen LogP contribution in [0.2, 0.25) is 0 Å². The number of amides is 1. The molecule has 0 aromatic heterocycles. The number of nitro groups is 1. The molecule has 0 unspecified atom stereocenters. The lowest BCUT2D eigenvalue weighted by molar-refractivity contribution is -0.384. The average Bonchev–Trinajstić information content (AvgIpc) is 3.82. The molecule has 350 valence electrons. The van der Waals surface area contributed by atoms with Gasteiger partial charge in [-0.25, -0.2) is 4.39 Å². The maximum absolute atomic E-state index is 15.1. The van der Waals surface area contributed by atoms with Gasteiger partial charge in [0.2, 0.25) is 11.7 Å². The summed E-state index contributed by atoms with van der Waals surface area (Å²) in [6.07, 6.45) is 14.2. The second-order valence-corrected chi connectivity index (χ2v) is 19.2. The van der Waals surface area contributed by atoms with Crippen molar-refractivity contribution in [2.75, 3.05) is 19.8 Å². The number of hydrogen-bond acceptors (Lipinski definition) is 10. The molecule has 0 bridgehead atoms. The average molecular weight is 896 g/mol. The Kier molecular flexibility index (Phi) is 15.8. The van der Waals surface area contributed by atoms with Crippen LogP contribution in [0.5, 0.6) is 17.2 Å². The van der Waals surface area contributed by atoms with Crippen LogP contribution in [0.4, 0.5) is 10.1 Å². The Bertz CT molecular complexity index is 2180. The molecule has 0 saturated heterocycles. The van der Waals surface area contributed by atoms with E-state index < -0.39 is 28.3 Å². The van der Waals surface area contributed by atoms with E-state index in [9.17, 15) is 24.7 Å². The van der Waals surface area contributed by atoms with E-state index in [0.717, 1.165) is 74.5 Å². The first-order valence-corrected chi connectivity index (χ1v) is 23.6. The van der Waals surface area contributed by atoms with Gasteiger partial charge in [-0.3, -0.25) is 14.9 Å². The highest BCUT2D eigenvalue weighted by molar-refractivity contribution is 6.03. The maximum Gasteiger partial charge on any atom is 0.273 e. The number of aliphatic hydroxyl groups is 2. The Balaban J connectivity index is 1.45. The van der Waals surface area contributed by atoms with Crippen molar-refractivity contribution < 1.29 is 43.4 Å². The Hall–Kier alpha value is -5.11. The molecular weight excluding hydrogens is 830 g/mol. The predicted molar refractivity (Wildman–Crippen MR) is 247 cm³/mol. The SMILES string of the molecule is C=CCO[C@@]12Oc3ccc(Oc4cccc([N+](=O)[O-])c4)cc3[C@H]3[C@H](CCCCO)[C@@H](CCCCO)C=C(C(=NOC(C)(C)C)C[C@@H]1N(Cc1ccc(F)cc1)C(=O)CCC1CCCC1)[C@H]32. The first kappa shape index (κ1) is 47.8. The summed E-state index contributed by atoms with van der Waals surface area (Å²) in [5.41, 5.74) is 2.47. The molecule has 1 amide bonds. The largest absolute Gasteiger partial charge is 0.459 e. The number of unbranched alkanes of at least 4 members (excludes halogenated alkanes) is 2. The van der Waals surface area contributed by atoms with Gasteiger partial charge in [-0.15, -0.1) is 6.58 Å². The Morgan fingerprint density at radius 1 is 1.00 bits per heavy atom. The second-order valence-electron chi connectivity index (χ2n) is 19.2. The molecule has 1 heterocycles. The number of hydrogen-bond donors (Lipinski definition) is 2. The zero-order chi connectivity index (χ0) is 46.1. The van der Waals surface area contributed by atoms with E-state index in [-0.39, 0.29) is 68.0 Å². The first-order chi connectivity index (χ1) is 31.3. The van der Waals surface area contributed by atoms with Crippen LogP contribution in [0.3, 0.4) is 0 Å². The van der Waals surface area contributed by atoms with Crippen LogP contribution in [-0.2, 0) is 20.9 Å². The number of carbonyl (C=O) groups excluding carboxylic acids is 1. The molecule has 3 aliphatic carbocycles. The van der Waals surface area contributed by atoms with Crippen LogP contribution in [0.25, 0.3) is 0 Å². The minimum absolute atomic E-state index is 0.0145. The summed E-state index contributed by atoms with van der Waals surface area (Å²) in [6, 6.07) is 17.2. The highest BCUT2D eigenvalue weighted by Crippen LogP contribution is 2.62. The number of nitro benzene ring substituents is 1. The molecule has 3 aromatic carbocycles. The second kappa shape index (κ2) is 21.5. The quantitative estimate of drug-likeness (QED) is 0.0460. The molecule has 7 rings (SSSR count). The third kappa shape index (κ3) is 11.3. The van der Waals surface area contributed by atoms with Crippen molar-refractivity contribution in [2.24, 2.45) is 28.8 Å². The molecule has 2 fully saturated rings. The van der Waals surface area contributed by atoms with Gasteiger partial charge in [0.15, 0.2) is 0 Å².